The molecule has 1 heterocycles. The second kappa shape index (κ2) is 8.35. The molecule has 1 aromatic rings. The Hall–Kier alpha value is -1.85. The molecular weight excluding hydrogens is 258 g/mol. The molecule has 0 aliphatic rings. The Morgan fingerprint density at radius 3 is 2.65 bits per heavy atom. The summed E-state index contributed by atoms with van der Waals surface area (Å²) >= 11 is 0. The fraction of sp³-hybridized carbons (Fsp3) is 0.643. The van der Waals surface area contributed by atoms with Crippen molar-refractivity contribution < 1.29 is 14.1 Å². The fourth-order valence-corrected chi connectivity index (χ4v) is 1.85. The summed E-state index contributed by atoms with van der Waals surface area (Å²) in [5.41, 5.74) is 0. The number of aryl methyl sites for hydroxylation is 1. The molecule has 0 fully saturated rings. The minimum Gasteiger partial charge on any atom is -0.360 e. The van der Waals surface area contributed by atoms with Crippen molar-refractivity contribution in [1.82, 2.24) is 10.1 Å². The first kappa shape index (κ1) is 16.2. The molecule has 6 heteroatoms. The summed E-state index contributed by atoms with van der Waals surface area (Å²) in [6.07, 6.45) is 3.43. The van der Waals surface area contributed by atoms with Crippen LogP contribution in [0, 0.1) is 6.92 Å². The third-order valence-corrected chi connectivity index (χ3v) is 2.98. The summed E-state index contributed by atoms with van der Waals surface area (Å²) in [5.74, 6) is 0.893. The highest BCUT2D eigenvalue weighted by atomic mass is 16.5. The van der Waals surface area contributed by atoms with E-state index in [9.17, 15) is 9.59 Å². The Labute approximate surface area is 119 Å². The molecule has 1 N–H and O–H groups in total. The molecule has 112 valence electrons. The molecule has 0 spiro atoms. The minimum absolute atomic E-state index is 0.00573. The van der Waals surface area contributed by atoms with E-state index in [0.717, 1.165) is 19.3 Å². The van der Waals surface area contributed by atoms with Crippen molar-refractivity contribution in [3.05, 3.63) is 11.8 Å². The molecule has 0 aromatic carbocycles. The number of aromatic nitrogens is 1. The topological polar surface area (TPSA) is 75.4 Å². The van der Waals surface area contributed by atoms with E-state index in [2.05, 4.69) is 17.4 Å². The normalized spacial score (nSPS) is 10.3. The van der Waals surface area contributed by atoms with Gasteiger partial charge in [0.2, 0.25) is 11.8 Å². The average molecular weight is 281 g/mol. The van der Waals surface area contributed by atoms with Crippen molar-refractivity contribution in [3.63, 3.8) is 0 Å². The number of hydrogen-bond donors (Lipinski definition) is 1. The van der Waals surface area contributed by atoms with Gasteiger partial charge in [0.25, 0.3) is 0 Å². The molecule has 1 aromatic heterocycles. The number of nitrogens with zero attached hydrogens (tertiary/aromatic N) is 2. The minimum atomic E-state index is -0.167. The van der Waals surface area contributed by atoms with Gasteiger partial charge in [0.05, 0.1) is 0 Å². The zero-order valence-electron chi connectivity index (χ0n) is 12.4. The lowest BCUT2D eigenvalue weighted by Gasteiger charge is -2.20. The van der Waals surface area contributed by atoms with E-state index in [1.165, 1.54) is 6.92 Å². The summed E-state index contributed by atoms with van der Waals surface area (Å²) in [4.78, 5) is 24.9. The van der Waals surface area contributed by atoms with E-state index >= 15 is 0 Å². The van der Waals surface area contributed by atoms with Crippen molar-refractivity contribution in [2.24, 2.45) is 0 Å². The van der Waals surface area contributed by atoms with E-state index in [1.807, 2.05) is 0 Å². The van der Waals surface area contributed by atoms with Crippen LogP contribution in [0.5, 0.6) is 0 Å². The number of nitrogens with one attached hydrogen (secondary N) is 1. The molecule has 0 radical (unpaired) electrons. The molecule has 0 aliphatic heterocycles. The third kappa shape index (κ3) is 5.86. The predicted octanol–water partition coefficient (Wildman–Crippen LogP) is 2.35. The van der Waals surface area contributed by atoms with E-state index in [1.54, 1.807) is 17.9 Å². The zero-order chi connectivity index (χ0) is 15.0. The molecule has 20 heavy (non-hydrogen) atoms. The molecule has 0 atom stereocenters. The first-order valence-corrected chi connectivity index (χ1v) is 7.01. The van der Waals surface area contributed by atoms with Gasteiger partial charge in [-0.1, -0.05) is 24.9 Å². The zero-order valence-corrected chi connectivity index (χ0v) is 12.4. The van der Waals surface area contributed by atoms with E-state index in [0.29, 0.717) is 24.7 Å². The SMILES string of the molecule is CCCCCN(CCC(=O)Nc1cc(C)on1)C(C)=O. The quantitative estimate of drug-likeness (QED) is 0.742. The maximum Gasteiger partial charge on any atom is 0.227 e. The Balaban J connectivity index is 2.34. The fourth-order valence-electron chi connectivity index (χ4n) is 1.85. The van der Waals surface area contributed by atoms with Crippen molar-refractivity contribution >= 4 is 17.6 Å². The van der Waals surface area contributed by atoms with Crippen LogP contribution >= 0.6 is 0 Å². The van der Waals surface area contributed by atoms with Crippen molar-refractivity contribution in [2.45, 2.75) is 46.5 Å². The van der Waals surface area contributed by atoms with Crippen LogP contribution in [0.15, 0.2) is 10.6 Å². The van der Waals surface area contributed by atoms with Gasteiger partial charge in [0, 0.05) is 32.5 Å². The molecular formula is C14H23N3O3. The van der Waals surface area contributed by atoms with Crippen LogP contribution in [0.1, 0.15) is 45.3 Å². The summed E-state index contributed by atoms with van der Waals surface area (Å²) in [6, 6.07) is 1.65. The second-order valence-electron chi connectivity index (χ2n) is 4.83. The summed E-state index contributed by atoms with van der Waals surface area (Å²) in [7, 11) is 0. The molecule has 0 saturated heterocycles. The molecule has 1 rings (SSSR count). The lowest BCUT2D eigenvalue weighted by Crippen LogP contribution is -2.32. The van der Waals surface area contributed by atoms with Crippen LogP contribution in [0.4, 0.5) is 5.82 Å². The Bertz CT molecular complexity index is 443. The smallest absolute Gasteiger partial charge is 0.227 e. The monoisotopic (exact) mass is 281 g/mol. The number of anilines is 1. The molecule has 0 saturated carbocycles. The van der Waals surface area contributed by atoms with Crippen LogP contribution in [0.2, 0.25) is 0 Å². The highest BCUT2D eigenvalue weighted by Crippen LogP contribution is 2.07. The van der Waals surface area contributed by atoms with Gasteiger partial charge in [-0.05, 0) is 13.3 Å². The van der Waals surface area contributed by atoms with Crippen LogP contribution in [0.25, 0.3) is 0 Å². The van der Waals surface area contributed by atoms with Crippen molar-refractivity contribution in [1.29, 1.82) is 0 Å². The van der Waals surface area contributed by atoms with Crippen LogP contribution in [-0.2, 0) is 9.59 Å². The number of carbonyl (C=O) groups excluding carboxylic acids is 2. The summed E-state index contributed by atoms with van der Waals surface area (Å²) in [5, 5.41) is 6.33. The van der Waals surface area contributed by atoms with Gasteiger partial charge in [-0.25, -0.2) is 0 Å². The number of rotatable bonds is 8. The van der Waals surface area contributed by atoms with Crippen molar-refractivity contribution in [2.75, 3.05) is 18.4 Å². The Kier molecular flexibility index (Phi) is 6.76. The third-order valence-electron chi connectivity index (χ3n) is 2.98. The first-order chi connectivity index (χ1) is 9.52. The standard InChI is InChI=1S/C14H23N3O3/c1-4-5-6-8-17(12(3)18)9-7-14(19)15-13-10-11(2)20-16-13/h10H,4-9H2,1-3H3,(H,15,16,19). The molecule has 6 nitrogen and oxygen atoms in total. The highest BCUT2D eigenvalue weighted by molar-refractivity contribution is 5.90. The van der Waals surface area contributed by atoms with Crippen LogP contribution < -0.4 is 5.32 Å². The predicted molar refractivity (Wildman–Crippen MR) is 76.3 cm³/mol. The molecule has 0 unspecified atom stereocenters. The largest absolute Gasteiger partial charge is 0.360 e. The lowest BCUT2D eigenvalue weighted by molar-refractivity contribution is -0.129. The van der Waals surface area contributed by atoms with E-state index in [4.69, 9.17) is 4.52 Å². The molecule has 0 aliphatic carbocycles. The maximum atomic E-state index is 11.7. The van der Waals surface area contributed by atoms with Gasteiger partial charge < -0.3 is 14.7 Å². The van der Waals surface area contributed by atoms with Gasteiger partial charge in [0.15, 0.2) is 5.82 Å². The Morgan fingerprint density at radius 1 is 1.35 bits per heavy atom. The van der Waals surface area contributed by atoms with E-state index in [-0.39, 0.29) is 18.2 Å². The van der Waals surface area contributed by atoms with E-state index < -0.39 is 0 Å². The number of amides is 2. The number of unbranched alkanes of at least 4 members (excludes halogenated alkanes) is 2. The average Bonchev–Trinajstić information content (AvgIpc) is 2.78. The van der Waals surface area contributed by atoms with Crippen LogP contribution in [0.3, 0.4) is 0 Å². The van der Waals surface area contributed by atoms with Crippen molar-refractivity contribution in [3.8, 4) is 0 Å². The van der Waals surface area contributed by atoms with Gasteiger partial charge >= 0.3 is 0 Å². The molecule has 0 bridgehead atoms. The second-order valence-corrected chi connectivity index (χ2v) is 4.83. The van der Waals surface area contributed by atoms with Crippen LogP contribution in [-0.4, -0.2) is 35.0 Å². The number of carbonyl (C=O) groups is 2. The summed E-state index contributed by atoms with van der Waals surface area (Å²) < 4.78 is 4.87. The lowest BCUT2D eigenvalue weighted by atomic mass is 10.2. The first-order valence-electron chi connectivity index (χ1n) is 7.01. The highest BCUT2D eigenvalue weighted by Gasteiger charge is 2.12. The van der Waals surface area contributed by atoms with Gasteiger partial charge in [0.1, 0.15) is 5.76 Å². The maximum absolute atomic E-state index is 11.7. The van der Waals surface area contributed by atoms with Gasteiger partial charge in [-0.2, -0.15) is 0 Å². The van der Waals surface area contributed by atoms with Gasteiger partial charge in [-0.15, -0.1) is 0 Å². The molecule has 2 amide bonds. The Morgan fingerprint density at radius 2 is 2.10 bits per heavy atom. The number of hydrogen-bond acceptors (Lipinski definition) is 4. The summed E-state index contributed by atoms with van der Waals surface area (Å²) in [6.45, 7) is 6.55. The van der Waals surface area contributed by atoms with Gasteiger partial charge in [-0.3, -0.25) is 9.59 Å².